The third-order valence-electron chi connectivity index (χ3n) is 2.89. The summed E-state index contributed by atoms with van der Waals surface area (Å²) in [5, 5.41) is 15.0. The molecule has 2 rings (SSSR count). The number of fused-ring (bicyclic) bond motifs is 1. The van der Waals surface area contributed by atoms with E-state index in [2.05, 4.69) is 30.3 Å². The first-order valence-electron chi connectivity index (χ1n) is 7.14. The van der Waals surface area contributed by atoms with Gasteiger partial charge in [-0.25, -0.2) is 24.5 Å². The minimum Gasteiger partial charge on any atom is -0.480 e. The molecule has 0 aliphatic carbocycles. The van der Waals surface area contributed by atoms with Crippen LogP contribution in [0.1, 0.15) is 20.8 Å². The number of carbonyl (C=O) groups is 2. The van der Waals surface area contributed by atoms with Crippen molar-refractivity contribution in [3.8, 4) is 0 Å². The first-order chi connectivity index (χ1) is 11.7. The molecule has 0 bridgehead atoms. The van der Waals surface area contributed by atoms with Gasteiger partial charge in [-0.05, 0) is 31.4 Å². The first kappa shape index (κ1) is 17.9. The number of ether oxygens (including phenoxy) is 1. The van der Waals surface area contributed by atoms with Crippen molar-refractivity contribution in [1.82, 2.24) is 24.8 Å². The molecule has 1 atom stereocenters. The van der Waals surface area contributed by atoms with E-state index in [1.54, 1.807) is 20.8 Å². The minimum absolute atomic E-state index is 0.0261. The van der Waals surface area contributed by atoms with Gasteiger partial charge < -0.3 is 19.7 Å². The lowest BCUT2D eigenvalue weighted by Gasteiger charge is -2.22. The highest BCUT2D eigenvalue weighted by atomic mass is 16.6. The maximum absolute atomic E-state index is 11.8. The Morgan fingerprint density at radius 2 is 2.16 bits per heavy atom. The molecular formula is C13H16N8O4. The average Bonchev–Trinajstić information content (AvgIpc) is 2.89. The van der Waals surface area contributed by atoms with Gasteiger partial charge in [0, 0.05) is 4.91 Å². The fourth-order valence-corrected chi connectivity index (χ4v) is 1.95. The fraction of sp³-hybridized carbons (Fsp3) is 0.462. The molecule has 2 heterocycles. The summed E-state index contributed by atoms with van der Waals surface area (Å²) in [6.07, 6.45) is 1.64. The molecule has 0 spiro atoms. The zero-order valence-corrected chi connectivity index (χ0v) is 13.7. The van der Waals surface area contributed by atoms with Gasteiger partial charge in [0.15, 0.2) is 11.5 Å². The highest BCUT2D eigenvalue weighted by molar-refractivity contribution is 5.82. The Labute approximate surface area is 141 Å². The summed E-state index contributed by atoms with van der Waals surface area (Å²) in [5.41, 5.74) is 8.26. The number of carboxylic acids is 1. The van der Waals surface area contributed by atoms with Crippen LogP contribution in [0.15, 0.2) is 17.8 Å². The molecule has 0 fully saturated rings. The monoisotopic (exact) mass is 348 g/mol. The standard InChI is InChI=1S/C13H16N8O4/c1-13(2,3)25-12(24)18-7(11(22)23)4-21-6-17-8-9(19-20-14)15-5-16-10(8)21/h5-7H,4H2,1-3H3,(H,18,24)(H,22,23)/t7-/m0/s1. The summed E-state index contributed by atoms with van der Waals surface area (Å²) in [6.45, 7) is 4.84. The number of azide groups is 1. The van der Waals surface area contributed by atoms with Gasteiger partial charge in [-0.1, -0.05) is 0 Å². The van der Waals surface area contributed by atoms with Gasteiger partial charge in [-0.3, -0.25) is 0 Å². The minimum atomic E-state index is -1.27. The van der Waals surface area contributed by atoms with Crippen LogP contribution in [0.3, 0.4) is 0 Å². The number of rotatable bonds is 5. The van der Waals surface area contributed by atoms with Crippen LogP contribution in [0, 0.1) is 0 Å². The topological polar surface area (TPSA) is 168 Å². The number of aliphatic carboxylic acids is 1. The molecule has 0 saturated heterocycles. The van der Waals surface area contributed by atoms with Crippen LogP contribution in [0.25, 0.3) is 21.6 Å². The van der Waals surface area contributed by atoms with Crippen molar-refractivity contribution >= 4 is 29.0 Å². The van der Waals surface area contributed by atoms with Crippen molar-refractivity contribution in [2.24, 2.45) is 5.11 Å². The fourth-order valence-electron chi connectivity index (χ4n) is 1.95. The molecule has 2 aromatic heterocycles. The Kier molecular flexibility index (Phi) is 5.03. The molecule has 0 aliphatic rings. The van der Waals surface area contributed by atoms with E-state index in [0.717, 1.165) is 0 Å². The second kappa shape index (κ2) is 7.01. The third-order valence-corrected chi connectivity index (χ3v) is 2.89. The SMILES string of the molecule is CC(C)(C)OC(=O)N[C@@H](Cn1cnc2c(N=[N+]=[N-])ncnc21)C(=O)O. The zero-order valence-electron chi connectivity index (χ0n) is 13.7. The number of alkyl carbamates (subject to hydrolysis) is 1. The molecule has 25 heavy (non-hydrogen) atoms. The number of amides is 1. The van der Waals surface area contributed by atoms with E-state index in [9.17, 15) is 14.7 Å². The molecule has 0 aromatic carbocycles. The van der Waals surface area contributed by atoms with Gasteiger partial charge in [-0.2, -0.15) is 0 Å². The molecule has 0 unspecified atom stereocenters. The van der Waals surface area contributed by atoms with Gasteiger partial charge in [0.1, 0.15) is 23.5 Å². The third kappa shape index (κ3) is 4.54. The van der Waals surface area contributed by atoms with Crippen LogP contribution in [0.4, 0.5) is 10.6 Å². The van der Waals surface area contributed by atoms with E-state index in [-0.39, 0.29) is 23.5 Å². The predicted molar refractivity (Wildman–Crippen MR) is 84.9 cm³/mol. The van der Waals surface area contributed by atoms with Gasteiger partial charge in [-0.15, -0.1) is 0 Å². The Hall–Kier alpha value is -3.40. The summed E-state index contributed by atoms with van der Waals surface area (Å²) in [7, 11) is 0. The largest absolute Gasteiger partial charge is 0.480 e. The molecule has 1 amide bonds. The van der Waals surface area contributed by atoms with Crippen molar-refractivity contribution < 1.29 is 19.4 Å². The Bertz CT molecular complexity index is 849. The molecular weight excluding hydrogens is 332 g/mol. The number of aromatic nitrogens is 4. The van der Waals surface area contributed by atoms with Crippen LogP contribution in [0.5, 0.6) is 0 Å². The number of imidazole rings is 1. The van der Waals surface area contributed by atoms with E-state index < -0.39 is 23.7 Å². The van der Waals surface area contributed by atoms with Gasteiger partial charge in [0.25, 0.3) is 0 Å². The van der Waals surface area contributed by atoms with Crippen LogP contribution in [0.2, 0.25) is 0 Å². The van der Waals surface area contributed by atoms with Crippen LogP contribution in [-0.4, -0.2) is 48.3 Å². The van der Waals surface area contributed by atoms with Crippen LogP contribution in [-0.2, 0) is 16.1 Å². The van der Waals surface area contributed by atoms with Crippen molar-refractivity contribution in [2.75, 3.05) is 0 Å². The quantitative estimate of drug-likeness (QED) is 0.471. The number of carboxylic acid groups (broad SMARTS) is 1. The molecule has 12 heteroatoms. The first-order valence-corrected chi connectivity index (χ1v) is 7.14. The highest BCUT2D eigenvalue weighted by Crippen LogP contribution is 2.20. The van der Waals surface area contributed by atoms with Crippen molar-refractivity contribution in [3.05, 3.63) is 23.1 Å². The van der Waals surface area contributed by atoms with Crippen molar-refractivity contribution in [1.29, 1.82) is 0 Å². The Morgan fingerprint density at radius 1 is 1.44 bits per heavy atom. The number of carbonyl (C=O) groups excluding carboxylic acids is 1. The lowest BCUT2D eigenvalue weighted by molar-refractivity contribution is -0.139. The number of nitrogens with one attached hydrogen (secondary N) is 1. The summed E-state index contributed by atoms with van der Waals surface area (Å²) >= 11 is 0. The van der Waals surface area contributed by atoms with Crippen LogP contribution >= 0.6 is 0 Å². The van der Waals surface area contributed by atoms with E-state index in [0.29, 0.717) is 0 Å². The summed E-state index contributed by atoms with van der Waals surface area (Å²) < 4.78 is 6.46. The number of hydrogen-bond donors (Lipinski definition) is 2. The highest BCUT2D eigenvalue weighted by Gasteiger charge is 2.25. The summed E-state index contributed by atoms with van der Waals surface area (Å²) in [6, 6.07) is -1.27. The molecule has 0 radical (unpaired) electrons. The van der Waals surface area contributed by atoms with E-state index in [4.69, 9.17) is 10.3 Å². The van der Waals surface area contributed by atoms with Crippen LogP contribution < -0.4 is 5.32 Å². The normalized spacial score (nSPS) is 12.3. The van der Waals surface area contributed by atoms with Crippen molar-refractivity contribution in [2.45, 2.75) is 39.0 Å². The lowest BCUT2D eigenvalue weighted by atomic mass is 10.2. The molecule has 0 aliphatic heterocycles. The van der Waals surface area contributed by atoms with E-state index >= 15 is 0 Å². The number of hydrogen-bond acceptors (Lipinski definition) is 7. The van der Waals surface area contributed by atoms with E-state index in [1.807, 2.05) is 0 Å². The zero-order chi connectivity index (χ0) is 18.6. The molecule has 12 nitrogen and oxygen atoms in total. The Balaban J connectivity index is 2.24. The summed E-state index contributed by atoms with van der Waals surface area (Å²) in [5.74, 6) is -1.23. The second-order valence-corrected chi connectivity index (χ2v) is 5.99. The molecule has 2 aromatic rings. The van der Waals surface area contributed by atoms with Crippen molar-refractivity contribution in [3.63, 3.8) is 0 Å². The maximum Gasteiger partial charge on any atom is 0.408 e. The predicted octanol–water partition coefficient (Wildman–Crippen LogP) is 1.75. The summed E-state index contributed by atoms with van der Waals surface area (Å²) in [4.78, 5) is 37.7. The van der Waals surface area contributed by atoms with Gasteiger partial charge in [0.05, 0.1) is 12.9 Å². The smallest absolute Gasteiger partial charge is 0.408 e. The number of nitrogens with zero attached hydrogens (tertiary/aromatic N) is 7. The molecule has 0 saturated carbocycles. The maximum atomic E-state index is 11.8. The second-order valence-electron chi connectivity index (χ2n) is 5.99. The van der Waals surface area contributed by atoms with E-state index in [1.165, 1.54) is 17.2 Å². The molecule has 2 N–H and O–H groups in total. The molecule has 132 valence electrons. The van der Waals surface area contributed by atoms with Gasteiger partial charge >= 0.3 is 12.1 Å². The average molecular weight is 348 g/mol. The lowest BCUT2D eigenvalue weighted by Crippen LogP contribution is -2.45. The van der Waals surface area contributed by atoms with Gasteiger partial charge in [0.2, 0.25) is 0 Å². The Morgan fingerprint density at radius 3 is 2.76 bits per heavy atom.